The molecule has 0 aliphatic rings. The van der Waals surface area contributed by atoms with E-state index in [0.29, 0.717) is 0 Å². The Kier molecular flexibility index (Phi) is 5.87. The Morgan fingerprint density at radius 3 is 2.21 bits per heavy atom. The van der Waals surface area contributed by atoms with Gasteiger partial charge in [-0.2, -0.15) is 0 Å². The largest absolute Gasteiger partial charge is 0.357 e. The zero-order chi connectivity index (χ0) is 14.3. The van der Waals surface area contributed by atoms with Crippen molar-refractivity contribution in [1.82, 2.24) is 10.6 Å². The highest BCUT2D eigenvalue weighted by Crippen LogP contribution is 2.22. The van der Waals surface area contributed by atoms with Crippen LogP contribution in [0.3, 0.4) is 0 Å². The molecular formula is C16H27N3. The average Bonchev–Trinajstić information content (AvgIpc) is 2.43. The Morgan fingerprint density at radius 2 is 1.74 bits per heavy atom. The quantitative estimate of drug-likeness (QED) is 0.631. The van der Waals surface area contributed by atoms with Crippen molar-refractivity contribution in [2.45, 2.75) is 39.5 Å². The van der Waals surface area contributed by atoms with Gasteiger partial charge in [-0.3, -0.25) is 4.99 Å². The summed E-state index contributed by atoms with van der Waals surface area (Å²) in [5.41, 5.74) is 2.82. The number of aryl methyl sites for hydroxylation is 1. The van der Waals surface area contributed by atoms with Crippen molar-refractivity contribution in [3.8, 4) is 0 Å². The third-order valence-electron chi connectivity index (χ3n) is 3.41. The molecule has 0 saturated heterocycles. The van der Waals surface area contributed by atoms with Gasteiger partial charge in [-0.15, -0.1) is 0 Å². The second-order valence-corrected chi connectivity index (χ2v) is 5.39. The number of aliphatic imine (C=N–C) groups is 1. The summed E-state index contributed by atoms with van der Waals surface area (Å²) < 4.78 is 0. The molecule has 19 heavy (non-hydrogen) atoms. The summed E-state index contributed by atoms with van der Waals surface area (Å²) in [4.78, 5) is 4.20. The van der Waals surface area contributed by atoms with Crippen molar-refractivity contribution in [1.29, 1.82) is 0 Å². The van der Waals surface area contributed by atoms with E-state index in [1.807, 2.05) is 0 Å². The Labute approximate surface area is 117 Å². The Balaban J connectivity index is 2.68. The predicted molar refractivity (Wildman–Crippen MR) is 83.9 cm³/mol. The normalized spacial score (nSPS) is 12.4. The SMILES string of the molecule is CCNC(=NC)NCC(C)(C)c1ccc(CC)cc1. The minimum absolute atomic E-state index is 0.0810. The van der Waals surface area contributed by atoms with Crippen molar-refractivity contribution >= 4 is 5.96 Å². The van der Waals surface area contributed by atoms with Crippen molar-refractivity contribution in [3.63, 3.8) is 0 Å². The van der Waals surface area contributed by atoms with Gasteiger partial charge in [0, 0.05) is 25.6 Å². The van der Waals surface area contributed by atoms with E-state index in [2.05, 4.69) is 67.6 Å². The predicted octanol–water partition coefficient (Wildman–Crippen LogP) is 2.71. The van der Waals surface area contributed by atoms with Crippen LogP contribution in [0.5, 0.6) is 0 Å². The first kappa shape index (κ1) is 15.5. The molecule has 1 rings (SSSR count). The molecule has 106 valence electrons. The molecule has 1 aromatic carbocycles. The topological polar surface area (TPSA) is 36.4 Å². The number of nitrogens with one attached hydrogen (secondary N) is 2. The maximum Gasteiger partial charge on any atom is 0.190 e. The molecule has 0 fully saturated rings. The molecule has 2 N–H and O–H groups in total. The summed E-state index contributed by atoms with van der Waals surface area (Å²) in [6.45, 7) is 10.5. The summed E-state index contributed by atoms with van der Waals surface area (Å²) in [5.74, 6) is 0.862. The number of benzene rings is 1. The maximum absolute atomic E-state index is 4.20. The van der Waals surface area contributed by atoms with E-state index < -0.39 is 0 Å². The van der Waals surface area contributed by atoms with E-state index in [0.717, 1.165) is 25.5 Å². The molecule has 1 aromatic rings. The minimum Gasteiger partial charge on any atom is -0.357 e. The fraction of sp³-hybridized carbons (Fsp3) is 0.562. The third-order valence-corrected chi connectivity index (χ3v) is 3.41. The Bertz CT molecular complexity index is 405. The lowest BCUT2D eigenvalue weighted by molar-refractivity contribution is 0.509. The van der Waals surface area contributed by atoms with Crippen LogP contribution in [-0.4, -0.2) is 26.1 Å². The maximum atomic E-state index is 4.20. The van der Waals surface area contributed by atoms with E-state index >= 15 is 0 Å². The molecule has 0 atom stereocenters. The molecule has 0 bridgehead atoms. The van der Waals surface area contributed by atoms with Crippen LogP contribution in [0.2, 0.25) is 0 Å². The van der Waals surface area contributed by atoms with Gasteiger partial charge < -0.3 is 10.6 Å². The van der Waals surface area contributed by atoms with Gasteiger partial charge >= 0.3 is 0 Å². The number of rotatable bonds is 5. The van der Waals surface area contributed by atoms with Crippen molar-refractivity contribution in [2.75, 3.05) is 20.1 Å². The van der Waals surface area contributed by atoms with Gasteiger partial charge in [0.25, 0.3) is 0 Å². The van der Waals surface area contributed by atoms with Crippen molar-refractivity contribution in [3.05, 3.63) is 35.4 Å². The first-order valence-electron chi connectivity index (χ1n) is 7.07. The van der Waals surface area contributed by atoms with Gasteiger partial charge in [-0.25, -0.2) is 0 Å². The summed E-state index contributed by atoms with van der Waals surface area (Å²) in [6.07, 6.45) is 1.09. The molecule has 0 radical (unpaired) electrons. The van der Waals surface area contributed by atoms with Gasteiger partial charge in [0.05, 0.1) is 0 Å². The second-order valence-electron chi connectivity index (χ2n) is 5.39. The lowest BCUT2D eigenvalue weighted by Crippen LogP contribution is -2.43. The van der Waals surface area contributed by atoms with E-state index in [4.69, 9.17) is 0 Å². The monoisotopic (exact) mass is 261 g/mol. The fourth-order valence-electron chi connectivity index (χ4n) is 1.99. The number of hydrogen-bond donors (Lipinski definition) is 2. The van der Waals surface area contributed by atoms with Crippen LogP contribution in [0.4, 0.5) is 0 Å². The molecule has 3 heteroatoms. The highest BCUT2D eigenvalue weighted by molar-refractivity contribution is 5.79. The molecule has 3 nitrogen and oxygen atoms in total. The van der Waals surface area contributed by atoms with E-state index in [9.17, 15) is 0 Å². The minimum atomic E-state index is 0.0810. The van der Waals surface area contributed by atoms with Crippen molar-refractivity contribution in [2.24, 2.45) is 4.99 Å². The van der Waals surface area contributed by atoms with Crippen LogP contribution in [0.1, 0.15) is 38.8 Å². The first-order valence-corrected chi connectivity index (χ1v) is 7.07. The Hall–Kier alpha value is -1.51. The third kappa shape index (κ3) is 4.58. The molecule has 0 heterocycles. The fourth-order valence-corrected chi connectivity index (χ4v) is 1.99. The highest BCUT2D eigenvalue weighted by Gasteiger charge is 2.20. The van der Waals surface area contributed by atoms with Crippen LogP contribution >= 0.6 is 0 Å². The van der Waals surface area contributed by atoms with Crippen LogP contribution in [0.25, 0.3) is 0 Å². The molecule has 0 saturated carbocycles. The lowest BCUT2D eigenvalue weighted by atomic mass is 9.84. The summed E-state index contributed by atoms with van der Waals surface area (Å²) >= 11 is 0. The number of guanidine groups is 1. The molecule has 0 spiro atoms. The van der Waals surface area contributed by atoms with Gasteiger partial charge in [0.1, 0.15) is 0 Å². The van der Waals surface area contributed by atoms with E-state index in [1.54, 1.807) is 7.05 Å². The summed E-state index contributed by atoms with van der Waals surface area (Å²) in [5, 5.41) is 6.59. The molecule has 0 unspecified atom stereocenters. The van der Waals surface area contributed by atoms with Gasteiger partial charge in [-0.05, 0) is 24.5 Å². The first-order chi connectivity index (χ1) is 9.03. The van der Waals surface area contributed by atoms with Gasteiger partial charge in [-0.1, -0.05) is 45.0 Å². The number of hydrogen-bond acceptors (Lipinski definition) is 1. The van der Waals surface area contributed by atoms with Crippen LogP contribution in [-0.2, 0) is 11.8 Å². The zero-order valence-electron chi connectivity index (χ0n) is 12.9. The van der Waals surface area contributed by atoms with Crippen molar-refractivity contribution < 1.29 is 0 Å². The second kappa shape index (κ2) is 7.17. The average molecular weight is 261 g/mol. The zero-order valence-corrected chi connectivity index (χ0v) is 12.9. The van der Waals surface area contributed by atoms with E-state index in [-0.39, 0.29) is 5.41 Å². The molecule has 0 aliphatic heterocycles. The molecular weight excluding hydrogens is 234 g/mol. The van der Waals surface area contributed by atoms with E-state index in [1.165, 1.54) is 11.1 Å². The van der Waals surface area contributed by atoms with Gasteiger partial charge in [0.2, 0.25) is 0 Å². The number of nitrogens with zero attached hydrogens (tertiary/aromatic N) is 1. The van der Waals surface area contributed by atoms with Crippen LogP contribution in [0.15, 0.2) is 29.3 Å². The molecule has 0 aromatic heterocycles. The lowest BCUT2D eigenvalue weighted by Gasteiger charge is -2.27. The smallest absolute Gasteiger partial charge is 0.190 e. The standard InChI is InChI=1S/C16H27N3/c1-6-13-8-10-14(11-9-13)16(3,4)12-19-15(17-5)18-7-2/h8-11H,6-7,12H2,1-5H3,(H2,17,18,19). The summed E-state index contributed by atoms with van der Waals surface area (Å²) in [7, 11) is 1.80. The Morgan fingerprint density at radius 1 is 1.11 bits per heavy atom. The summed E-state index contributed by atoms with van der Waals surface area (Å²) in [6, 6.07) is 8.90. The van der Waals surface area contributed by atoms with Crippen LogP contribution < -0.4 is 10.6 Å². The van der Waals surface area contributed by atoms with Crippen LogP contribution in [0, 0.1) is 0 Å². The van der Waals surface area contributed by atoms with Gasteiger partial charge in [0.15, 0.2) is 5.96 Å². The molecule has 0 aliphatic carbocycles. The molecule has 0 amide bonds. The highest BCUT2D eigenvalue weighted by atomic mass is 15.2.